The summed E-state index contributed by atoms with van der Waals surface area (Å²) in [5.74, 6) is 1.15. The molecule has 23 heavy (non-hydrogen) atoms. The maximum Gasteiger partial charge on any atom is 0.223 e. The number of hydrogen-bond acceptors (Lipinski definition) is 3. The van der Waals surface area contributed by atoms with Crippen molar-refractivity contribution in [1.29, 1.82) is 0 Å². The smallest absolute Gasteiger partial charge is 0.223 e. The first kappa shape index (κ1) is 15.0. The Hall–Kier alpha value is -1.52. The van der Waals surface area contributed by atoms with Crippen molar-refractivity contribution >= 4 is 28.8 Å². The second-order valence-electron chi connectivity index (χ2n) is 6.28. The van der Waals surface area contributed by atoms with E-state index in [0.717, 1.165) is 36.1 Å². The van der Waals surface area contributed by atoms with Gasteiger partial charge in [0.2, 0.25) is 5.91 Å². The van der Waals surface area contributed by atoms with Gasteiger partial charge in [-0.3, -0.25) is 4.79 Å². The lowest BCUT2D eigenvalue weighted by molar-refractivity contribution is -0.127. The third-order valence-corrected chi connectivity index (χ3v) is 5.65. The van der Waals surface area contributed by atoms with Crippen LogP contribution >= 0.6 is 22.9 Å². The lowest BCUT2D eigenvalue weighted by Gasteiger charge is -2.24. The van der Waals surface area contributed by atoms with Gasteiger partial charge < -0.3 is 10.1 Å². The highest BCUT2D eigenvalue weighted by atomic mass is 35.5. The highest BCUT2D eigenvalue weighted by Gasteiger charge is 2.29. The van der Waals surface area contributed by atoms with Gasteiger partial charge in [0.1, 0.15) is 11.9 Å². The van der Waals surface area contributed by atoms with E-state index >= 15 is 0 Å². The van der Waals surface area contributed by atoms with Gasteiger partial charge in [-0.05, 0) is 52.9 Å². The van der Waals surface area contributed by atoms with Gasteiger partial charge in [-0.15, -0.1) is 0 Å². The third kappa shape index (κ3) is 2.98. The number of benzene rings is 1. The second-order valence-corrected chi connectivity index (χ2v) is 7.46. The van der Waals surface area contributed by atoms with Crippen molar-refractivity contribution in [3.8, 4) is 16.9 Å². The van der Waals surface area contributed by atoms with Crippen LogP contribution in [0.5, 0.6) is 5.75 Å². The summed E-state index contributed by atoms with van der Waals surface area (Å²) >= 11 is 8.07. The zero-order valence-electron chi connectivity index (χ0n) is 12.7. The van der Waals surface area contributed by atoms with Crippen molar-refractivity contribution in [2.24, 2.45) is 5.92 Å². The van der Waals surface area contributed by atoms with Gasteiger partial charge in [0.15, 0.2) is 0 Å². The summed E-state index contributed by atoms with van der Waals surface area (Å²) in [7, 11) is 0. The van der Waals surface area contributed by atoms with Gasteiger partial charge in [0.05, 0.1) is 11.6 Å². The first-order valence-electron chi connectivity index (χ1n) is 8.00. The van der Waals surface area contributed by atoms with Crippen molar-refractivity contribution in [3.63, 3.8) is 0 Å². The minimum absolute atomic E-state index is 0.0238. The van der Waals surface area contributed by atoms with Gasteiger partial charge in [-0.1, -0.05) is 18.0 Å². The molecule has 2 aliphatic rings. The number of rotatable bonds is 4. The Morgan fingerprint density at radius 1 is 1.35 bits per heavy atom. The van der Waals surface area contributed by atoms with Crippen LogP contribution in [0.4, 0.5) is 0 Å². The van der Waals surface area contributed by atoms with E-state index in [9.17, 15) is 4.79 Å². The molecule has 5 heteroatoms. The van der Waals surface area contributed by atoms with Crippen LogP contribution in [0, 0.1) is 5.92 Å². The zero-order chi connectivity index (χ0) is 15.8. The van der Waals surface area contributed by atoms with Crippen LogP contribution in [-0.4, -0.2) is 18.6 Å². The molecule has 1 saturated carbocycles. The topological polar surface area (TPSA) is 38.3 Å². The molecule has 0 radical (unpaired) electrons. The molecule has 2 heterocycles. The number of carbonyl (C=O) groups is 1. The largest absolute Gasteiger partial charge is 0.486 e. The fourth-order valence-electron chi connectivity index (χ4n) is 3.13. The lowest BCUT2D eigenvalue weighted by Crippen LogP contribution is -2.40. The molecule has 120 valence electrons. The summed E-state index contributed by atoms with van der Waals surface area (Å²) in [6.45, 7) is 0.550. The average Bonchev–Trinajstić information content (AvgIpc) is 3.12. The molecule has 2 aromatic rings. The molecule has 0 spiro atoms. The first-order valence-corrected chi connectivity index (χ1v) is 9.32. The Kier molecular flexibility index (Phi) is 4.04. The van der Waals surface area contributed by atoms with Crippen LogP contribution < -0.4 is 10.1 Å². The SMILES string of the molecule is O=C(NCC1Cc2cc(-c3ccsc3)cc(Cl)c2O1)C1CCC1. The van der Waals surface area contributed by atoms with Gasteiger partial charge in [0.25, 0.3) is 0 Å². The van der Waals surface area contributed by atoms with Gasteiger partial charge >= 0.3 is 0 Å². The van der Waals surface area contributed by atoms with Crippen LogP contribution in [0.3, 0.4) is 0 Å². The summed E-state index contributed by atoms with van der Waals surface area (Å²) in [4.78, 5) is 11.9. The number of nitrogens with one attached hydrogen (secondary N) is 1. The van der Waals surface area contributed by atoms with Crippen LogP contribution in [0.15, 0.2) is 29.0 Å². The predicted molar refractivity (Wildman–Crippen MR) is 93.2 cm³/mol. The summed E-state index contributed by atoms with van der Waals surface area (Å²) in [5, 5.41) is 7.84. The Labute approximate surface area is 144 Å². The average molecular weight is 348 g/mol. The van der Waals surface area contributed by atoms with E-state index < -0.39 is 0 Å². The molecule has 1 aromatic carbocycles. The van der Waals surface area contributed by atoms with Crippen LogP contribution in [0.25, 0.3) is 11.1 Å². The molecule has 3 nitrogen and oxygen atoms in total. The van der Waals surface area contributed by atoms with Crippen molar-refractivity contribution in [2.75, 3.05) is 6.54 Å². The molecule has 0 bridgehead atoms. The monoisotopic (exact) mass is 347 g/mol. The summed E-state index contributed by atoms with van der Waals surface area (Å²) in [6.07, 6.45) is 3.98. The lowest BCUT2D eigenvalue weighted by atomic mass is 9.85. The van der Waals surface area contributed by atoms with E-state index in [4.69, 9.17) is 16.3 Å². The molecule has 1 atom stereocenters. The number of hydrogen-bond donors (Lipinski definition) is 1. The Morgan fingerprint density at radius 2 is 2.22 bits per heavy atom. The highest BCUT2D eigenvalue weighted by molar-refractivity contribution is 7.08. The van der Waals surface area contributed by atoms with E-state index in [-0.39, 0.29) is 17.9 Å². The minimum atomic E-state index is -0.0238. The van der Waals surface area contributed by atoms with Crippen molar-refractivity contribution in [3.05, 3.63) is 39.5 Å². The fraction of sp³-hybridized carbons (Fsp3) is 0.389. The van der Waals surface area contributed by atoms with Crippen LogP contribution in [0.1, 0.15) is 24.8 Å². The summed E-state index contributed by atoms with van der Waals surface area (Å²) in [6, 6.07) is 6.20. The van der Waals surface area contributed by atoms with Crippen molar-refractivity contribution in [1.82, 2.24) is 5.32 Å². The first-order chi connectivity index (χ1) is 11.2. The number of carbonyl (C=O) groups excluding carboxylic acids is 1. The second kappa shape index (κ2) is 6.17. The fourth-order valence-corrected chi connectivity index (χ4v) is 4.07. The van der Waals surface area contributed by atoms with Gasteiger partial charge in [-0.25, -0.2) is 0 Å². The molecule has 1 amide bonds. The number of thiophene rings is 1. The normalized spacial score (nSPS) is 19.8. The number of ether oxygens (including phenoxy) is 1. The van der Waals surface area contributed by atoms with Crippen LogP contribution in [0.2, 0.25) is 5.02 Å². The molecule has 1 fully saturated rings. The quantitative estimate of drug-likeness (QED) is 0.896. The Balaban J connectivity index is 1.44. The van der Waals surface area contributed by atoms with E-state index in [1.165, 1.54) is 12.0 Å². The third-order valence-electron chi connectivity index (χ3n) is 4.69. The van der Waals surface area contributed by atoms with E-state index in [1.807, 2.05) is 6.07 Å². The molecule has 4 rings (SSSR count). The standard InChI is InChI=1S/C18H18ClNO2S/c19-16-8-13(12-4-5-23-10-12)6-14-7-15(22-17(14)16)9-20-18(21)11-2-1-3-11/h4-6,8,10-11,15H,1-3,7,9H2,(H,20,21). The summed E-state index contributed by atoms with van der Waals surface area (Å²) in [5.41, 5.74) is 3.43. The Bertz CT molecular complexity index is 725. The molecule has 1 aromatic heterocycles. The molecule has 1 N–H and O–H groups in total. The van der Waals surface area contributed by atoms with Crippen molar-refractivity contribution < 1.29 is 9.53 Å². The highest BCUT2D eigenvalue weighted by Crippen LogP contribution is 2.40. The summed E-state index contributed by atoms with van der Waals surface area (Å²) < 4.78 is 5.95. The van der Waals surface area contributed by atoms with Gasteiger partial charge in [-0.2, -0.15) is 11.3 Å². The number of halogens is 1. The molecule has 1 aliphatic carbocycles. The van der Waals surface area contributed by atoms with E-state index in [2.05, 4.69) is 28.2 Å². The van der Waals surface area contributed by atoms with E-state index in [0.29, 0.717) is 11.6 Å². The maximum atomic E-state index is 11.9. The van der Waals surface area contributed by atoms with Crippen LogP contribution in [-0.2, 0) is 11.2 Å². The van der Waals surface area contributed by atoms with Gasteiger partial charge in [0, 0.05) is 17.9 Å². The zero-order valence-corrected chi connectivity index (χ0v) is 14.3. The molecular formula is C18H18ClNO2S. The molecule has 0 saturated heterocycles. The maximum absolute atomic E-state index is 11.9. The Morgan fingerprint density at radius 3 is 2.91 bits per heavy atom. The number of fused-ring (bicyclic) bond motifs is 1. The molecular weight excluding hydrogens is 330 g/mol. The minimum Gasteiger partial charge on any atom is -0.486 e. The molecule has 1 aliphatic heterocycles. The van der Waals surface area contributed by atoms with Crippen molar-refractivity contribution in [2.45, 2.75) is 31.8 Å². The number of amides is 1. The predicted octanol–water partition coefficient (Wildman–Crippen LogP) is 4.29. The molecule has 1 unspecified atom stereocenters. The van der Waals surface area contributed by atoms with E-state index in [1.54, 1.807) is 11.3 Å².